The molecule has 0 fully saturated rings. The van der Waals surface area contributed by atoms with Crippen molar-refractivity contribution in [1.82, 2.24) is 19.9 Å². The van der Waals surface area contributed by atoms with Crippen molar-refractivity contribution in [1.29, 1.82) is 0 Å². The fraction of sp³-hybridized carbons (Fsp3) is 0.394. The SMILES string of the molecule is Cc1c2ccc3c1nnn3CCCCCc1ccc(c3c1OCC3)C(=O)N1CCc3ccc(cc3C1)C2CC(=O)O. The largest absolute Gasteiger partial charge is 0.493 e. The predicted molar refractivity (Wildman–Crippen MR) is 154 cm³/mol. The number of carbonyl (C=O) groups excluding carboxylic acids is 1. The summed E-state index contributed by atoms with van der Waals surface area (Å²) < 4.78 is 8.03. The molecule has 6 aliphatic heterocycles. The van der Waals surface area contributed by atoms with Crippen molar-refractivity contribution >= 4 is 22.9 Å². The van der Waals surface area contributed by atoms with Gasteiger partial charge in [0, 0.05) is 43.1 Å². The Morgan fingerprint density at radius 2 is 1.88 bits per heavy atom. The lowest BCUT2D eigenvalue weighted by Crippen LogP contribution is -2.36. The van der Waals surface area contributed by atoms with Crippen LogP contribution in [0.4, 0.5) is 0 Å². The van der Waals surface area contributed by atoms with E-state index in [1.54, 1.807) is 0 Å². The summed E-state index contributed by atoms with van der Waals surface area (Å²) >= 11 is 0. The van der Waals surface area contributed by atoms with Gasteiger partial charge >= 0.3 is 5.97 Å². The minimum Gasteiger partial charge on any atom is -0.493 e. The van der Waals surface area contributed by atoms with E-state index >= 15 is 0 Å². The summed E-state index contributed by atoms with van der Waals surface area (Å²) in [5.74, 6) is -0.226. The molecule has 1 N–H and O–H groups in total. The second-order valence-electron chi connectivity index (χ2n) is 11.6. The van der Waals surface area contributed by atoms with Gasteiger partial charge in [0.25, 0.3) is 5.91 Å². The van der Waals surface area contributed by atoms with E-state index in [-0.39, 0.29) is 18.2 Å². The van der Waals surface area contributed by atoms with Crippen molar-refractivity contribution in [3.8, 4) is 5.75 Å². The van der Waals surface area contributed by atoms with Gasteiger partial charge < -0.3 is 14.7 Å². The first kappa shape index (κ1) is 25.7. The molecule has 4 aromatic rings. The number of ether oxygens (including phenoxy) is 1. The van der Waals surface area contributed by atoms with Gasteiger partial charge in [0.05, 0.1) is 18.5 Å². The Morgan fingerprint density at radius 3 is 2.76 bits per heavy atom. The Balaban J connectivity index is 1.33. The normalized spacial score (nSPS) is 18.6. The molecule has 6 aliphatic rings. The summed E-state index contributed by atoms with van der Waals surface area (Å²) in [6.45, 7) is 4.57. The van der Waals surface area contributed by atoms with Gasteiger partial charge in [0.2, 0.25) is 0 Å². The molecule has 0 saturated heterocycles. The smallest absolute Gasteiger partial charge is 0.304 e. The Hall–Kier alpha value is -4.20. The number of aromatic nitrogens is 3. The van der Waals surface area contributed by atoms with Crippen molar-refractivity contribution in [2.24, 2.45) is 0 Å². The molecule has 0 spiro atoms. The number of amides is 1. The monoisotopic (exact) mass is 550 g/mol. The lowest BCUT2D eigenvalue weighted by atomic mass is 9.83. The second-order valence-corrected chi connectivity index (χ2v) is 11.6. The summed E-state index contributed by atoms with van der Waals surface area (Å²) in [5, 5.41) is 18.9. The Morgan fingerprint density at radius 1 is 1.00 bits per heavy atom. The number of aliphatic carboxylic acids is 1. The highest BCUT2D eigenvalue weighted by molar-refractivity contribution is 5.97. The summed E-state index contributed by atoms with van der Waals surface area (Å²) in [7, 11) is 0. The molecule has 1 amide bonds. The van der Waals surface area contributed by atoms with Gasteiger partial charge in [-0.3, -0.25) is 9.59 Å². The molecule has 41 heavy (non-hydrogen) atoms. The van der Waals surface area contributed by atoms with Crippen molar-refractivity contribution in [2.45, 2.75) is 70.9 Å². The Kier molecular flexibility index (Phi) is 6.48. The molecule has 1 unspecified atom stereocenters. The van der Waals surface area contributed by atoms with Crippen molar-refractivity contribution in [2.75, 3.05) is 13.2 Å². The number of hydrogen-bond acceptors (Lipinski definition) is 5. The molecule has 8 heteroatoms. The van der Waals surface area contributed by atoms with Crippen LogP contribution < -0.4 is 4.74 Å². The number of rotatable bonds is 2. The minimum absolute atomic E-state index is 0.0274. The van der Waals surface area contributed by atoms with Crippen molar-refractivity contribution in [3.05, 3.63) is 87.0 Å². The molecule has 1 atom stereocenters. The number of benzene rings is 3. The number of nitrogens with zero attached hydrogens (tertiary/aromatic N) is 4. The second kappa shape index (κ2) is 10.3. The number of carboxylic acid groups (broad SMARTS) is 1. The molecule has 1 aromatic heterocycles. The minimum atomic E-state index is -0.849. The number of hydrogen-bond donors (Lipinski definition) is 1. The summed E-state index contributed by atoms with van der Waals surface area (Å²) in [6, 6.07) is 14.5. The van der Waals surface area contributed by atoms with Gasteiger partial charge in [-0.2, -0.15) is 0 Å². The molecule has 210 valence electrons. The van der Waals surface area contributed by atoms with Gasteiger partial charge in [-0.25, -0.2) is 4.68 Å². The zero-order valence-corrected chi connectivity index (χ0v) is 23.4. The topological polar surface area (TPSA) is 97.5 Å². The Bertz CT molecular complexity index is 1690. The van der Waals surface area contributed by atoms with Crippen LogP contribution in [0.3, 0.4) is 0 Å². The van der Waals surface area contributed by atoms with E-state index in [0.717, 1.165) is 95.2 Å². The average molecular weight is 551 g/mol. The molecule has 0 saturated carbocycles. The third-order valence-electron chi connectivity index (χ3n) is 9.16. The van der Waals surface area contributed by atoms with Gasteiger partial charge in [-0.05, 0) is 78.1 Å². The zero-order chi connectivity index (χ0) is 28.1. The van der Waals surface area contributed by atoms with Crippen LogP contribution in [0.1, 0.15) is 80.9 Å². The van der Waals surface area contributed by atoms with Gasteiger partial charge in [-0.1, -0.05) is 42.0 Å². The van der Waals surface area contributed by atoms with Crippen LogP contribution in [-0.2, 0) is 37.1 Å². The van der Waals surface area contributed by atoms with Gasteiger partial charge in [0.1, 0.15) is 11.3 Å². The predicted octanol–water partition coefficient (Wildman–Crippen LogP) is 5.21. The maximum Gasteiger partial charge on any atom is 0.304 e. The first-order valence-corrected chi connectivity index (χ1v) is 14.7. The van der Waals surface area contributed by atoms with Crippen LogP contribution in [0.25, 0.3) is 11.0 Å². The highest BCUT2D eigenvalue weighted by atomic mass is 16.5. The number of aryl methyl sites for hydroxylation is 3. The molecular formula is C33H34N4O4. The van der Waals surface area contributed by atoms with Gasteiger partial charge in [-0.15, -0.1) is 5.10 Å². The van der Waals surface area contributed by atoms with Crippen LogP contribution in [0.5, 0.6) is 5.75 Å². The lowest BCUT2D eigenvalue weighted by Gasteiger charge is -2.30. The first-order chi connectivity index (χ1) is 20.0. The fourth-order valence-corrected chi connectivity index (χ4v) is 6.96. The third-order valence-corrected chi connectivity index (χ3v) is 9.16. The van der Waals surface area contributed by atoms with Crippen LogP contribution in [0.2, 0.25) is 0 Å². The van der Waals surface area contributed by atoms with Crippen molar-refractivity contribution in [3.63, 3.8) is 0 Å². The quantitative estimate of drug-likeness (QED) is 0.368. The van der Waals surface area contributed by atoms with Gasteiger partial charge in [0.15, 0.2) is 0 Å². The van der Waals surface area contributed by atoms with E-state index < -0.39 is 5.97 Å². The Labute approximate surface area is 238 Å². The average Bonchev–Trinajstić information content (AvgIpc) is 3.63. The summed E-state index contributed by atoms with van der Waals surface area (Å²) in [5.41, 5.74) is 9.95. The van der Waals surface area contributed by atoms with E-state index in [4.69, 9.17) is 4.74 Å². The van der Waals surface area contributed by atoms with E-state index in [2.05, 4.69) is 34.6 Å². The molecule has 0 radical (unpaired) electrons. The number of carbonyl (C=O) groups is 2. The lowest BCUT2D eigenvalue weighted by molar-refractivity contribution is -0.137. The van der Waals surface area contributed by atoms with E-state index in [0.29, 0.717) is 19.7 Å². The molecule has 3 aromatic carbocycles. The zero-order valence-electron chi connectivity index (χ0n) is 23.4. The fourth-order valence-electron chi connectivity index (χ4n) is 6.96. The molecule has 8 nitrogen and oxygen atoms in total. The van der Waals surface area contributed by atoms with E-state index in [1.807, 2.05) is 34.7 Å². The summed E-state index contributed by atoms with van der Waals surface area (Å²) in [6.07, 6.45) is 5.47. The van der Waals surface area contributed by atoms with Crippen LogP contribution in [0, 0.1) is 6.92 Å². The standard InChI is InChI=1S/C33H34N4O4/c1-20-25-10-11-29-31(20)34-35-37(29)14-4-2-3-5-22-8-9-27(26-13-16-41-32(22)26)33(40)36-15-12-21-6-7-23(17-24(21)19-36)28(25)18-30(38)39/h6-11,17,28H,2-5,12-16,18-19H2,1H3,(H,38,39). The maximum absolute atomic E-state index is 13.9. The highest BCUT2D eigenvalue weighted by Gasteiger charge is 2.29. The van der Waals surface area contributed by atoms with Crippen molar-refractivity contribution < 1.29 is 19.4 Å². The van der Waals surface area contributed by atoms with Crippen LogP contribution >= 0.6 is 0 Å². The highest BCUT2D eigenvalue weighted by Crippen LogP contribution is 2.37. The molecule has 0 aliphatic carbocycles. The van der Waals surface area contributed by atoms with Crippen LogP contribution in [-0.4, -0.2) is 50.0 Å². The number of carboxylic acids is 1. The van der Waals surface area contributed by atoms with E-state index in [9.17, 15) is 14.7 Å². The first-order valence-electron chi connectivity index (χ1n) is 14.7. The maximum atomic E-state index is 13.9. The molecule has 10 rings (SSSR count). The third kappa shape index (κ3) is 4.55. The van der Waals surface area contributed by atoms with Crippen LogP contribution in [0.15, 0.2) is 42.5 Å². The molecule has 7 heterocycles. The van der Waals surface area contributed by atoms with E-state index in [1.165, 1.54) is 11.1 Å². The molecular weight excluding hydrogens is 516 g/mol. The molecule has 9 bridgehead atoms. The summed E-state index contributed by atoms with van der Waals surface area (Å²) in [4.78, 5) is 27.9.